The van der Waals surface area contributed by atoms with Crippen molar-refractivity contribution < 1.29 is 31.1 Å². The molecule has 1 atom stereocenters. The SMILES string of the molecule is O=C(NCc1ccc(COc2ccc(C(F)(F)F)cc2)cc1)[C@@H]1CCCN1S(=O)(=O)c1ccc(Cl)s1. The van der Waals surface area contributed by atoms with E-state index in [0.29, 0.717) is 22.9 Å². The summed E-state index contributed by atoms with van der Waals surface area (Å²) in [7, 11) is -3.80. The Labute approximate surface area is 215 Å². The van der Waals surface area contributed by atoms with Crippen LogP contribution in [0.2, 0.25) is 4.34 Å². The second kappa shape index (κ2) is 10.8. The molecular formula is C24H22ClF3N2O4S2. The van der Waals surface area contributed by atoms with Gasteiger partial charge in [0.25, 0.3) is 10.0 Å². The topological polar surface area (TPSA) is 75.7 Å². The maximum Gasteiger partial charge on any atom is 0.416 e. The van der Waals surface area contributed by atoms with Crippen LogP contribution in [0.1, 0.15) is 29.5 Å². The van der Waals surface area contributed by atoms with Crippen molar-refractivity contribution in [3.05, 3.63) is 81.7 Å². The van der Waals surface area contributed by atoms with Gasteiger partial charge in [-0.15, -0.1) is 11.3 Å². The number of amides is 1. The van der Waals surface area contributed by atoms with Gasteiger partial charge in [0.15, 0.2) is 0 Å². The van der Waals surface area contributed by atoms with Crippen molar-refractivity contribution in [2.45, 2.75) is 42.4 Å². The fourth-order valence-electron chi connectivity index (χ4n) is 3.81. The molecule has 2 heterocycles. The minimum absolute atomic E-state index is 0.112. The maximum absolute atomic E-state index is 12.9. The first kappa shape index (κ1) is 26.5. The van der Waals surface area contributed by atoms with Crippen LogP contribution in [-0.4, -0.2) is 31.2 Å². The highest BCUT2D eigenvalue weighted by molar-refractivity contribution is 7.91. The largest absolute Gasteiger partial charge is 0.489 e. The highest BCUT2D eigenvalue weighted by Crippen LogP contribution is 2.32. The van der Waals surface area contributed by atoms with Gasteiger partial charge in [0.1, 0.15) is 22.6 Å². The lowest BCUT2D eigenvalue weighted by Crippen LogP contribution is -2.45. The summed E-state index contributed by atoms with van der Waals surface area (Å²) in [6.07, 6.45) is -3.37. The molecule has 1 aliphatic rings. The smallest absolute Gasteiger partial charge is 0.416 e. The van der Waals surface area contributed by atoms with Crippen molar-refractivity contribution in [3.8, 4) is 5.75 Å². The summed E-state index contributed by atoms with van der Waals surface area (Å²) in [6.45, 7) is 0.650. The summed E-state index contributed by atoms with van der Waals surface area (Å²) in [5, 5.41) is 2.80. The molecule has 1 fully saturated rings. The zero-order valence-electron chi connectivity index (χ0n) is 18.8. The lowest BCUT2D eigenvalue weighted by Gasteiger charge is -2.22. The molecule has 192 valence electrons. The van der Waals surface area contributed by atoms with Crippen molar-refractivity contribution in [1.82, 2.24) is 9.62 Å². The number of thiophene rings is 1. The lowest BCUT2D eigenvalue weighted by atomic mass is 10.1. The molecule has 0 spiro atoms. The quantitative estimate of drug-likeness (QED) is 0.398. The second-order valence-electron chi connectivity index (χ2n) is 8.18. The molecule has 1 aliphatic heterocycles. The molecule has 1 amide bonds. The summed E-state index contributed by atoms with van der Waals surface area (Å²) in [5.41, 5.74) is 0.863. The van der Waals surface area contributed by atoms with Crippen LogP contribution >= 0.6 is 22.9 Å². The molecule has 1 N–H and O–H groups in total. The molecule has 0 bridgehead atoms. The number of carbonyl (C=O) groups excluding carboxylic acids is 1. The van der Waals surface area contributed by atoms with E-state index in [1.807, 2.05) is 0 Å². The normalized spacial score (nSPS) is 16.7. The molecule has 1 saturated heterocycles. The highest BCUT2D eigenvalue weighted by Gasteiger charge is 2.40. The van der Waals surface area contributed by atoms with Crippen LogP contribution in [0.15, 0.2) is 64.9 Å². The Morgan fingerprint density at radius 3 is 2.33 bits per heavy atom. The lowest BCUT2D eigenvalue weighted by molar-refractivity contribution is -0.137. The number of hydrogen-bond acceptors (Lipinski definition) is 5. The zero-order valence-corrected chi connectivity index (χ0v) is 21.2. The average molecular weight is 559 g/mol. The van der Waals surface area contributed by atoms with Gasteiger partial charge < -0.3 is 10.1 Å². The van der Waals surface area contributed by atoms with Crippen molar-refractivity contribution in [1.29, 1.82) is 0 Å². The van der Waals surface area contributed by atoms with Gasteiger partial charge >= 0.3 is 6.18 Å². The number of halogens is 4. The van der Waals surface area contributed by atoms with Gasteiger partial charge in [-0.05, 0) is 60.4 Å². The van der Waals surface area contributed by atoms with Gasteiger partial charge in [-0.2, -0.15) is 17.5 Å². The molecule has 1 aromatic heterocycles. The van der Waals surface area contributed by atoms with E-state index in [4.69, 9.17) is 16.3 Å². The molecule has 0 radical (unpaired) electrons. The Kier molecular flexibility index (Phi) is 7.93. The first-order valence-electron chi connectivity index (χ1n) is 11.0. The Morgan fingerprint density at radius 1 is 1.06 bits per heavy atom. The van der Waals surface area contributed by atoms with Crippen LogP contribution in [0.3, 0.4) is 0 Å². The number of sulfonamides is 1. The van der Waals surface area contributed by atoms with E-state index in [-0.39, 0.29) is 29.8 Å². The van der Waals surface area contributed by atoms with Crippen molar-refractivity contribution in [2.75, 3.05) is 6.54 Å². The standard InChI is InChI=1S/C24H22ClF3N2O4S2/c25-21-11-12-22(35-21)36(32,33)30-13-1-2-20(30)23(31)29-14-16-3-5-17(6-4-16)15-34-19-9-7-18(8-10-19)24(26,27)28/h3-12,20H,1-2,13-15H2,(H,29,31)/t20-/m0/s1. The van der Waals surface area contributed by atoms with E-state index >= 15 is 0 Å². The third kappa shape index (κ3) is 6.20. The molecule has 3 aromatic rings. The monoisotopic (exact) mass is 558 g/mol. The zero-order chi connectivity index (χ0) is 25.9. The van der Waals surface area contributed by atoms with Gasteiger partial charge in [-0.1, -0.05) is 35.9 Å². The molecule has 4 rings (SSSR count). The van der Waals surface area contributed by atoms with E-state index in [1.54, 1.807) is 24.3 Å². The summed E-state index contributed by atoms with van der Waals surface area (Å²) in [6, 6.07) is 13.8. The van der Waals surface area contributed by atoms with Crippen LogP contribution in [0.4, 0.5) is 13.2 Å². The Morgan fingerprint density at radius 2 is 1.72 bits per heavy atom. The number of nitrogens with zero attached hydrogens (tertiary/aromatic N) is 1. The maximum atomic E-state index is 12.9. The third-order valence-corrected chi connectivity index (χ3v) is 9.30. The number of ether oxygens (including phenoxy) is 1. The summed E-state index contributed by atoms with van der Waals surface area (Å²) in [5.74, 6) is -0.0475. The van der Waals surface area contributed by atoms with E-state index in [0.717, 1.165) is 34.6 Å². The fourth-order valence-corrected chi connectivity index (χ4v) is 7.08. The molecule has 6 nitrogen and oxygen atoms in total. The van der Waals surface area contributed by atoms with Gasteiger partial charge in [0.2, 0.25) is 5.91 Å². The predicted octanol–water partition coefficient (Wildman–Crippen LogP) is 5.47. The van der Waals surface area contributed by atoms with Crippen LogP contribution in [-0.2, 0) is 34.1 Å². The van der Waals surface area contributed by atoms with Gasteiger partial charge in [0, 0.05) is 13.1 Å². The van der Waals surface area contributed by atoms with Crippen molar-refractivity contribution in [3.63, 3.8) is 0 Å². The first-order valence-corrected chi connectivity index (χ1v) is 13.6. The van der Waals surface area contributed by atoms with Crippen LogP contribution in [0.5, 0.6) is 5.75 Å². The number of nitrogens with one attached hydrogen (secondary N) is 1. The van der Waals surface area contributed by atoms with Crippen LogP contribution in [0, 0.1) is 0 Å². The van der Waals surface area contributed by atoms with E-state index in [1.165, 1.54) is 28.6 Å². The highest BCUT2D eigenvalue weighted by atomic mass is 35.5. The van der Waals surface area contributed by atoms with Crippen molar-refractivity contribution >= 4 is 38.9 Å². The Bertz CT molecular complexity index is 1310. The van der Waals surface area contributed by atoms with E-state index in [9.17, 15) is 26.4 Å². The molecule has 0 aliphatic carbocycles. The molecular weight excluding hydrogens is 537 g/mol. The van der Waals surface area contributed by atoms with Crippen molar-refractivity contribution in [2.24, 2.45) is 0 Å². The fraction of sp³-hybridized carbons (Fsp3) is 0.292. The van der Waals surface area contributed by atoms with E-state index < -0.39 is 27.8 Å². The Hall–Kier alpha value is -2.60. The number of hydrogen-bond donors (Lipinski definition) is 1. The molecule has 0 unspecified atom stereocenters. The number of carbonyl (C=O) groups is 1. The molecule has 12 heteroatoms. The molecule has 2 aromatic carbocycles. The number of rotatable bonds is 8. The van der Waals surface area contributed by atoms with Crippen LogP contribution < -0.4 is 10.1 Å². The third-order valence-electron chi connectivity index (χ3n) is 5.69. The van der Waals surface area contributed by atoms with Gasteiger partial charge in [0.05, 0.1) is 9.90 Å². The molecule has 0 saturated carbocycles. The summed E-state index contributed by atoms with van der Waals surface area (Å²) < 4.78 is 71.1. The van der Waals surface area contributed by atoms with E-state index in [2.05, 4.69) is 5.32 Å². The second-order valence-corrected chi connectivity index (χ2v) is 12.0. The summed E-state index contributed by atoms with van der Waals surface area (Å²) >= 11 is 6.84. The minimum atomic E-state index is -4.40. The Balaban J connectivity index is 1.30. The van der Waals surface area contributed by atoms with Gasteiger partial charge in [-0.3, -0.25) is 4.79 Å². The van der Waals surface area contributed by atoms with Crippen LogP contribution in [0.25, 0.3) is 0 Å². The minimum Gasteiger partial charge on any atom is -0.489 e. The average Bonchev–Trinajstić information content (AvgIpc) is 3.52. The first-order chi connectivity index (χ1) is 17.0. The summed E-state index contributed by atoms with van der Waals surface area (Å²) in [4.78, 5) is 12.8. The molecule has 36 heavy (non-hydrogen) atoms. The van der Waals surface area contributed by atoms with Gasteiger partial charge in [-0.25, -0.2) is 8.42 Å². The number of alkyl halides is 3. The predicted molar refractivity (Wildman–Crippen MR) is 130 cm³/mol. The number of benzene rings is 2.